The Morgan fingerprint density at radius 2 is 2.25 bits per heavy atom. The number of carboxylic acids is 1. The fourth-order valence-corrected chi connectivity index (χ4v) is 1.86. The number of amides is 1. The van der Waals surface area contributed by atoms with Gasteiger partial charge in [-0.2, -0.15) is 0 Å². The highest BCUT2D eigenvalue weighted by molar-refractivity contribution is 5.78. The second-order valence-corrected chi connectivity index (χ2v) is 4.27. The van der Waals surface area contributed by atoms with Gasteiger partial charge in [0.25, 0.3) is 0 Å². The average molecular weight is 229 g/mol. The average Bonchev–Trinajstić information content (AvgIpc) is 2.28. The van der Waals surface area contributed by atoms with Gasteiger partial charge in [0.05, 0.1) is 18.4 Å². The van der Waals surface area contributed by atoms with Crippen molar-refractivity contribution in [3.8, 4) is 0 Å². The van der Waals surface area contributed by atoms with Crippen molar-refractivity contribution in [3.05, 3.63) is 0 Å². The summed E-state index contributed by atoms with van der Waals surface area (Å²) in [7, 11) is 1.56. The van der Waals surface area contributed by atoms with E-state index in [1.165, 1.54) is 0 Å². The van der Waals surface area contributed by atoms with Gasteiger partial charge in [-0.1, -0.05) is 0 Å². The molecule has 0 aromatic carbocycles. The predicted molar refractivity (Wildman–Crippen MR) is 58.0 cm³/mol. The van der Waals surface area contributed by atoms with Gasteiger partial charge < -0.3 is 14.7 Å². The Morgan fingerprint density at radius 3 is 2.81 bits per heavy atom. The van der Waals surface area contributed by atoms with E-state index in [0.29, 0.717) is 25.9 Å². The molecule has 1 rings (SSSR count). The fourth-order valence-electron chi connectivity index (χ4n) is 1.86. The molecule has 0 aliphatic carbocycles. The molecule has 5 heteroatoms. The zero-order chi connectivity index (χ0) is 12.1. The Morgan fingerprint density at radius 1 is 1.56 bits per heavy atom. The van der Waals surface area contributed by atoms with Crippen molar-refractivity contribution >= 4 is 11.9 Å². The summed E-state index contributed by atoms with van der Waals surface area (Å²) in [5.41, 5.74) is 0. The lowest BCUT2D eigenvalue weighted by atomic mass is 9.98. The molecule has 1 saturated heterocycles. The maximum atomic E-state index is 11.8. The second-order valence-electron chi connectivity index (χ2n) is 4.27. The first kappa shape index (κ1) is 13.0. The molecular formula is C11H19NO4. The van der Waals surface area contributed by atoms with E-state index in [2.05, 4.69) is 0 Å². The smallest absolute Gasteiger partial charge is 0.308 e. The van der Waals surface area contributed by atoms with Gasteiger partial charge in [0.2, 0.25) is 5.91 Å². The SMILES string of the molecule is COC(C)CC(=O)N1CCCC(C(=O)O)C1. The van der Waals surface area contributed by atoms with Gasteiger partial charge in [-0.25, -0.2) is 0 Å². The standard InChI is InChI=1S/C11H19NO4/c1-8(16-2)6-10(13)12-5-3-4-9(7-12)11(14)15/h8-9H,3-7H2,1-2H3,(H,14,15). The van der Waals surface area contributed by atoms with Crippen LogP contribution in [0.4, 0.5) is 0 Å². The number of carbonyl (C=O) groups excluding carboxylic acids is 1. The van der Waals surface area contributed by atoms with Crippen LogP contribution < -0.4 is 0 Å². The summed E-state index contributed by atoms with van der Waals surface area (Å²) < 4.78 is 5.02. The third-order valence-electron chi connectivity index (χ3n) is 2.99. The number of nitrogens with zero attached hydrogens (tertiary/aromatic N) is 1. The number of hydrogen-bond acceptors (Lipinski definition) is 3. The summed E-state index contributed by atoms with van der Waals surface area (Å²) in [5, 5.41) is 8.90. The summed E-state index contributed by atoms with van der Waals surface area (Å²) in [6.45, 7) is 2.83. The second kappa shape index (κ2) is 5.84. The van der Waals surface area contributed by atoms with Crippen molar-refractivity contribution in [3.63, 3.8) is 0 Å². The fraction of sp³-hybridized carbons (Fsp3) is 0.818. The maximum Gasteiger partial charge on any atom is 0.308 e. The molecule has 1 N–H and O–H groups in total. The van der Waals surface area contributed by atoms with E-state index in [1.54, 1.807) is 12.0 Å². The summed E-state index contributed by atoms with van der Waals surface area (Å²) in [4.78, 5) is 24.3. The van der Waals surface area contributed by atoms with Crippen LogP contribution in [-0.2, 0) is 14.3 Å². The number of hydrogen-bond donors (Lipinski definition) is 1. The molecule has 1 aliphatic rings. The van der Waals surface area contributed by atoms with Crippen LogP contribution >= 0.6 is 0 Å². The zero-order valence-corrected chi connectivity index (χ0v) is 9.81. The molecule has 5 nitrogen and oxygen atoms in total. The van der Waals surface area contributed by atoms with Crippen LogP contribution in [0.15, 0.2) is 0 Å². The first-order chi connectivity index (χ1) is 7.54. The minimum absolute atomic E-state index is 0.0136. The Kier molecular flexibility index (Phi) is 4.73. The van der Waals surface area contributed by atoms with Crippen molar-refractivity contribution < 1.29 is 19.4 Å². The number of carboxylic acid groups (broad SMARTS) is 1. The summed E-state index contributed by atoms with van der Waals surface area (Å²) in [6, 6.07) is 0. The summed E-state index contributed by atoms with van der Waals surface area (Å²) >= 11 is 0. The molecule has 0 saturated carbocycles. The molecule has 16 heavy (non-hydrogen) atoms. The molecule has 0 aromatic heterocycles. The number of rotatable bonds is 4. The van der Waals surface area contributed by atoms with Crippen molar-refractivity contribution in [2.75, 3.05) is 20.2 Å². The quantitative estimate of drug-likeness (QED) is 0.772. The molecule has 1 aliphatic heterocycles. The van der Waals surface area contributed by atoms with E-state index in [-0.39, 0.29) is 12.0 Å². The van der Waals surface area contributed by atoms with E-state index < -0.39 is 11.9 Å². The monoisotopic (exact) mass is 229 g/mol. The van der Waals surface area contributed by atoms with Crippen LogP contribution in [-0.4, -0.2) is 48.2 Å². The Bertz CT molecular complexity index is 267. The summed E-state index contributed by atoms with van der Waals surface area (Å²) in [6.07, 6.45) is 1.64. The van der Waals surface area contributed by atoms with Gasteiger partial charge in [-0.3, -0.25) is 9.59 Å². The van der Waals surface area contributed by atoms with E-state index >= 15 is 0 Å². The Labute approximate surface area is 95.4 Å². The van der Waals surface area contributed by atoms with Gasteiger partial charge >= 0.3 is 5.97 Å². The molecule has 1 fully saturated rings. The lowest BCUT2D eigenvalue weighted by Gasteiger charge is -2.31. The van der Waals surface area contributed by atoms with E-state index in [4.69, 9.17) is 9.84 Å². The van der Waals surface area contributed by atoms with Crippen LogP contribution in [0.3, 0.4) is 0 Å². The van der Waals surface area contributed by atoms with Crippen molar-refractivity contribution in [1.29, 1.82) is 0 Å². The van der Waals surface area contributed by atoms with Crippen molar-refractivity contribution in [2.24, 2.45) is 5.92 Å². The van der Waals surface area contributed by atoms with E-state index in [9.17, 15) is 9.59 Å². The number of likely N-dealkylation sites (tertiary alicyclic amines) is 1. The number of piperidine rings is 1. The molecule has 1 amide bonds. The highest BCUT2D eigenvalue weighted by atomic mass is 16.5. The Hall–Kier alpha value is -1.10. The number of methoxy groups -OCH3 is 1. The van der Waals surface area contributed by atoms with Crippen LogP contribution in [0.1, 0.15) is 26.2 Å². The molecular weight excluding hydrogens is 210 g/mol. The lowest BCUT2D eigenvalue weighted by molar-refractivity contribution is -0.146. The highest BCUT2D eigenvalue weighted by Gasteiger charge is 2.28. The van der Waals surface area contributed by atoms with Gasteiger partial charge in [0.15, 0.2) is 0 Å². The maximum absolute atomic E-state index is 11.8. The van der Waals surface area contributed by atoms with Crippen LogP contribution in [0.2, 0.25) is 0 Å². The van der Waals surface area contributed by atoms with Gasteiger partial charge in [0.1, 0.15) is 0 Å². The molecule has 0 radical (unpaired) electrons. The third-order valence-corrected chi connectivity index (χ3v) is 2.99. The number of carbonyl (C=O) groups is 2. The van der Waals surface area contributed by atoms with Crippen LogP contribution in [0.25, 0.3) is 0 Å². The van der Waals surface area contributed by atoms with Crippen LogP contribution in [0, 0.1) is 5.92 Å². The molecule has 92 valence electrons. The number of ether oxygens (including phenoxy) is 1. The largest absolute Gasteiger partial charge is 0.481 e. The molecule has 2 atom stereocenters. The Balaban J connectivity index is 2.47. The van der Waals surface area contributed by atoms with E-state index in [1.807, 2.05) is 6.92 Å². The molecule has 0 spiro atoms. The van der Waals surface area contributed by atoms with Gasteiger partial charge in [-0.05, 0) is 19.8 Å². The molecule has 0 bridgehead atoms. The van der Waals surface area contributed by atoms with Crippen LogP contribution in [0.5, 0.6) is 0 Å². The molecule has 0 aromatic rings. The van der Waals surface area contributed by atoms with E-state index in [0.717, 1.165) is 6.42 Å². The predicted octanol–water partition coefficient (Wildman–Crippen LogP) is 0.735. The molecule has 1 heterocycles. The minimum Gasteiger partial charge on any atom is -0.481 e. The third kappa shape index (κ3) is 3.48. The zero-order valence-electron chi connectivity index (χ0n) is 9.81. The molecule has 2 unspecified atom stereocenters. The first-order valence-corrected chi connectivity index (χ1v) is 5.58. The van der Waals surface area contributed by atoms with Crippen molar-refractivity contribution in [2.45, 2.75) is 32.3 Å². The normalized spacial score (nSPS) is 22.9. The minimum atomic E-state index is -0.808. The van der Waals surface area contributed by atoms with Crippen molar-refractivity contribution in [1.82, 2.24) is 4.90 Å². The summed E-state index contributed by atoms with van der Waals surface area (Å²) in [5.74, 6) is -1.23. The van der Waals surface area contributed by atoms with Gasteiger partial charge in [-0.15, -0.1) is 0 Å². The lowest BCUT2D eigenvalue weighted by Crippen LogP contribution is -2.43. The topological polar surface area (TPSA) is 66.8 Å². The number of aliphatic carboxylic acids is 1. The highest BCUT2D eigenvalue weighted by Crippen LogP contribution is 2.17. The first-order valence-electron chi connectivity index (χ1n) is 5.58. The van der Waals surface area contributed by atoms with Gasteiger partial charge in [0, 0.05) is 20.2 Å².